The molecule has 1 rings (SSSR count). The highest BCUT2D eigenvalue weighted by atomic mass is 16.4. The predicted molar refractivity (Wildman–Crippen MR) is 114 cm³/mol. The molecule has 31 heavy (non-hydrogen) atoms. The van der Waals surface area contributed by atoms with Crippen LogP contribution in [0.3, 0.4) is 0 Å². The monoisotopic (exact) mass is 438 g/mol. The van der Waals surface area contributed by atoms with E-state index in [1.54, 1.807) is 6.92 Å². The van der Waals surface area contributed by atoms with Gasteiger partial charge in [-0.3, -0.25) is 14.4 Å². The van der Waals surface area contributed by atoms with Crippen molar-refractivity contribution >= 4 is 23.7 Å². The lowest BCUT2D eigenvalue weighted by molar-refractivity contribution is -0.142. The Balaban J connectivity index is 2.74. The summed E-state index contributed by atoms with van der Waals surface area (Å²) >= 11 is 0. The Hall–Kier alpha value is -2.95. The molecule has 0 spiro atoms. The van der Waals surface area contributed by atoms with Gasteiger partial charge < -0.3 is 31.8 Å². The lowest BCUT2D eigenvalue weighted by Gasteiger charge is -2.25. The number of nitrogens with two attached hydrogens (primary N) is 1. The molecule has 1 aromatic rings. The molecule has 174 valence electrons. The third kappa shape index (κ3) is 8.36. The third-order valence-corrected chi connectivity index (χ3v) is 5.39. The molecule has 0 saturated heterocycles. The van der Waals surface area contributed by atoms with Crippen molar-refractivity contribution in [3.63, 3.8) is 0 Å². The van der Waals surface area contributed by atoms with E-state index < -0.39 is 41.8 Å². The van der Waals surface area contributed by atoms with Crippen LogP contribution in [-0.4, -0.2) is 63.4 Å². The molecule has 0 aromatic carbocycles. The SMILES string of the molecule is CCC(C)C(N)C(=O)NCC(=O)NC(C(=O)NC(Cc1cnc[nH]1)C(=O)O)C(C)CC. The number of hydrogen-bond acceptors (Lipinski definition) is 6. The minimum atomic E-state index is -1.21. The van der Waals surface area contributed by atoms with Crippen LogP contribution in [0.25, 0.3) is 0 Å². The number of imidazole rings is 1. The van der Waals surface area contributed by atoms with Crippen LogP contribution in [0.5, 0.6) is 0 Å². The van der Waals surface area contributed by atoms with Crippen LogP contribution in [0.4, 0.5) is 0 Å². The van der Waals surface area contributed by atoms with E-state index in [2.05, 4.69) is 25.9 Å². The molecule has 0 aliphatic heterocycles. The van der Waals surface area contributed by atoms with Crippen LogP contribution in [0, 0.1) is 11.8 Å². The molecule has 0 fully saturated rings. The first-order chi connectivity index (χ1) is 14.6. The van der Waals surface area contributed by atoms with Gasteiger partial charge in [0.05, 0.1) is 18.9 Å². The number of amides is 3. The van der Waals surface area contributed by atoms with Crippen LogP contribution >= 0.6 is 0 Å². The zero-order valence-electron chi connectivity index (χ0n) is 18.5. The van der Waals surface area contributed by atoms with E-state index in [-0.39, 0.29) is 24.8 Å². The largest absolute Gasteiger partial charge is 0.480 e. The molecule has 0 aliphatic rings. The number of carbonyl (C=O) groups is 4. The summed E-state index contributed by atoms with van der Waals surface area (Å²) in [4.78, 5) is 55.4. The van der Waals surface area contributed by atoms with Gasteiger partial charge in [-0.2, -0.15) is 0 Å². The quantitative estimate of drug-likeness (QED) is 0.241. The summed E-state index contributed by atoms with van der Waals surface area (Å²) in [5.41, 5.74) is 6.40. The first kappa shape index (κ1) is 26.1. The first-order valence-corrected chi connectivity index (χ1v) is 10.4. The minimum Gasteiger partial charge on any atom is -0.480 e. The van der Waals surface area contributed by atoms with Gasteiger partial charge in [-0.05, 0) is 11.8 Å². The number of hydrogen-bond donors (Lipinski definition) is 6. The summed E-state index contributed by atoms with van der Waals surface area (Å²) in [6.45, 7) is 7.04. The van der Waals surface area contributed by atoms with E-state index in [1.165, 1.54) is 12.5 Å². The normalized spacial score (nSPS) is 15.8. The van der Waals surface area contributed by atoms with Crippen molar-refractivity contribution in [2.24, 2.45) is 17.6 Å². The van der Waals surface area contributed by atoms with Crippen LogP contribution in [-0.2, 0) is 25.6 Å². The highest BCUT2D eigenvalue weighted by Gasteiger charge is 2.30. The van der Waals surface area contributed by atoms with Gasteiger partial charge in [-0.15, -0.1) is 0 Å². The predicted octanol–water partition coefficient (Wildman–Crippen LogP) is -0.458. The Kier molecular flexibility index (Phi) is 10.7. The van der Waals surface area contributed by atoms with E-state index in [4.69, 9.17) is 5.73 Å². The molecule has 5 atom stereocenters. The van der Waals surface area contributed by atoms with Crippen molar-refractivity contribution in [3.05, 3.63) is 18.2 Å². The van der Waals surface area contributed by atoms with Gasteiger partial charge in [-0.1, -0.05) is 40.5 Å². The molecule has 7 N–H and O–H groups in total. The number of H-pyrrole nitrogens is 1. The molecular formula is C20H34N6O5. The number of carboxylic acids is 1. The number of carboxylic acid groups (broad SMARTS) is 1. The average molecular weight is 439 g/mol. The number of carbonyl (C=O) groups excluding carboxylic acids is 3. The maximum atomic E-state index is 12.8. The highest BCUT2D eigenvalue weighted by Crippen LogP contribution is 2.09. The second-order valence-corrected chi connectivity index (χ2v) is 7.74. The molecular weight excluding hydrogens is 404 g/mol. The smallest absolute Gasteiger partial charge is 0.326 e. The molecule has 0 radical (unpaired) electrons. The van der Waals surface area contributed by atoms with Crippen molar-refractivity contribution in [1.29, 1.82) is 0 Å². The summed E-state index contributed by atoms with van der Waals surface area (Å²) in [5.74, 6) is -3.13. The molecule has 0 aliphatic carbocycles. The lowest BCUT2D eigenvalue weighted by atomic mass is 9.97. The third-order valence-electron chi connectivity index (χ3n) is 5.39. The number of aromatic amines is 1. The molecule has 0 bridgehead atoms. The van der Waals surface area contributed by atoms with E-state index >= 15 is 0 Å². The molecule has 5 unspecified atom stereocenters. The summed E-state index contributed by atoms with van der Waals surface area (Å²) in [6, 6.07) is -2.88. The Bertz CT molecular complexity index is 738. The van der Waals surface area contributed by atoms with Crippen molar-refractivity contribution in [2.75, 3.05) is 6.54 Å². The number of rotatable bonds is 13. The molecule has 11 nitrogen and oxygen atoms in total. The highest BCUT2D eigenvalue weighted by molar-refractivity contribution is 5.92. The summed E-state index contributed by atoms with van der Waals surface area (Å²) in [5, 5.41) is 17.0. The van der Waals surface area contributed by atoms with Crippen LogP contribution in [0.15, 0.2) is 12.5 Å². The summed E-state index contributed by atoms with van der Waals surface area (Å²) in [7, 11) is 0. The fourth-order valence-electron chi connectivity index (χ4n) is 2.80. The van der Waals surface area contributed by atoms with Gasteiger partial charge in [-0.25, -0.2) is 9.78 Å². The fraction of sp³-hybridized carbons (Fsp3) is 0.650. The van der Waals surface area contributed by atoms with E-state index in [1.807, 2.05) is 20.8 Å². The maximum absolute atomic E-state index is 12.8. The van der Waals surface area contributed by atoms with E-state index in [0.717, 1.165) is 6.42 Å². The number of nitrogens with one attached hydrogen (secondary N) is 4. The second kappa shape index (κ2) is 12.7. The zero-order valence-corrected chi connectivity index (χ0v) is 18.5. The molecule has 0 saturated carbocycles. The fourth-order valence-corrected chi connectivity index (χ4v) is 2.80. The van der Waals surface area contributed by atoms with Gasteiger partial charge in [0.25, 0.3) is 0 Å². The summed E-state index contributed by atoms with van der Waals surface area (Å²) < 4.78 is 0. The summed E-state index contributed by atoms with van der Waals surface area (Å²) in [6.07, 6.45) is 4.20. The Morgan fingerprint density at radius 3 is 2.26 bits per heavy atom. The zero-order chi connectivity index (χ0) is 23.6. The maximum Gasteiger partial charge on any atom is 0.326 e. The first-order valence-electron chi connectivity index (χ1n) is 10.4. The average Bonchev–Trinajstić information content (AvgIpc) is 3.26. The van der Waals surface area contributed by atoms with E-state index in [9.17, 15) is 24.3 Å². The second-order valence-electron chi connectivity index (χ2n) is 7.74. The van der Waals surface area contributed by atoms with Gasteiger partial charge in [0.1, 0.15) is 12.1 Å². The minimum absolute atomic E-state index is 0.0196. The Morgan fingerprint density at radius 1 is 1.10 bits per heavy atom. The molecule has 11 heteroatoms. The van der Waals surface area contributed by atoms with Gasteiger partial charge in [0.15, 0.2) is 0 Å². The van der Waals surface area contributed by atoms with Gasteiger partial charge in [0, 0.05) is 18.3 Å². The van der Waals surface area contributed by atoms with Crippen molar-refractivity contribution in [2.45, 2.75) is 65.1 Å². The molecule has 3 amide bonds. The Labute approximate surface area is 181 Å². The molecule has 1 aromatic heterocycles. The van der Waals surface area contributed by atoms with E-state index in [0.29, 0.717) is 12.1 Å². The van der Waals surface area contributed by atoms with Crippen molar-refractivity contribution in [3.8, 4) is 0 Å². The number of nitrogens with zero attached hydrogens (tertiary/aromatic N) is 1. The van der Waals surface area contributed by atoms with Crippen molar-refractivity contribution in [1.82, 2.24) is 25.9 Å². The van der Waals surface area contributed by atoms with Crippen LogP contribution < -0.4 is 21.7 Å². The lowest BCUT2D eigenvalue weighted by Crippen LogP contribution is -2.56. The van der Waals surface area contributed by atoms with Gasteiger partial charge in [0.2, 0.25) is 17.7 Å². The van der Waals surface area contributed by atoms with Crippen LogP contribution in [0.1, 0.15) is 46.2 Å². The Morgan fingerprint density at radius 2 is 1.74 bits per heavy atom. The standard InChI is InChI=1S/C20H34N6O5/c1-5-11(3)16(21)18(28)23-9-15(27)26-17(12(4)6-2)19(29)25-14(20(30)31)7-13-8-22-10-24-13/h8,10-12,14,16-17H,5-7,9,21H2,1-4H3,(H,22,24)(H,23,28)(H,25,29)(H,26,27)(H,30,31). The molecule has 1 heterocycles. The van der Waals surface area contributed by atoms with Gasteiger partial charge >= 0.3 is 5.97 Å². The number of aliphatic carboxylic acids is 1. The van der Waals surface area contributed by atoms with Crippen LogP contribution in [0.2, 0.25) is 0 Å². The van der Waals surface area contributed by atoms with Crippen molar-refractivity contribution < 1.29 is 24.3 Å². The topological polar surface area (TPSA) is 179 Å². The number of aromatic nitrogens is 2.